The summed E-state index contributed by atoms with van der Waals surface area (Å²) < 4.78 is 0. The Balaban J connectivity index is 1.91. The summed E-state index contributed by atoms with van der Waals surface area (Å²) in [5, 5.41) is 11.4. The van der Waals surface area contributed by atoms with E-state index >= 15 is 0 Å². The van der Waals surface area contributed by atoms with Gasteiger partial charge in [0.2, 0.25) is 5.95 Å². The molecule has 0 fully saturated rings. The minimum Gasteiger partial charge on any atom is -0.352 e. The van der Waals surface area contributed by atoms with Gasteiger partial charge in [0.15, 0.2) is 0 Å². The molecule has 0 saturated carbocycles. The number of nitrogens with one attached hydrogen (secondary N) is 1. The summed E-state index contributed by atoms with van der Waals surface area (Å²) in [6.45, 7) is 6.21. The maximum absolute atomic E-state index is 4.43. The van der Waals surface area contributed by atoms with Gasteiger partial charge in [0, 0.05) is 19.1 Å². The molecule has 0 radical (unpaired) electrons. The zero-order valence-electron chi connectivity index (χ0n) is 11.8. The standard InChI is InChI=1S/C14H21N5/c1-4-11(2)19(3)10-9-15-14-16-12-7-5-6-8-13(12)17-18-14/h5-8,11H,4,9-10H2,1-3H3,(H,15,16,18). The van der Waals surface area contributed by atoms with Crippen molar-refractivity contribution in [3.63, 3.8) is 0 Å². The number of aromatic nitrogens is 3. The molecule has 5 heteroatoms. The maximum atomic E-state index is 4.43. The lowest BCUT2D eigenvalue weighted by atomic mass is 10.2. The van der Waals surface area contributed by atoms with Gasteiger partial charge in [0.05, 0.1) is 5.52 Å². The van der Waals surface area contributed by atoms with E-state index in [-0.39, 0.29) is 0 Å². The van der Waals surface area contributed by atoms with Crippen LogP contribution >= 0.6 is 0 Å². The molecule has 1 aromatic heterocycles. The Morgan fingerprint density at radius 2 is 1.95 bits per heavy atom. The molecule has 0 saturated heterocycles. The van der Waals surface area contributed by atoms with Gasteiger partial charge in [-0.2, -0.15) is 0 Å². The highest BCUT2D eigenvalue weighted by Crippen LogP contribution is 2.08. The Hall–Kier alpha value is -1.75. The number of nitrogens with zero attached hydrogens (tertiary/aromatic N) is 4. The lowest BCUT2D eigenvalue weighted by Crippen LogP contribution is -2.32. The largest absolute Gasteiger partial charge is 0.352 e. The van der Waals surface area contributed by atoms with Crippen LogP contribution in [-0.4, -0.2) is 46.3 Å². The summed E-state index contributed by atoms with van der Waals surface area (Å²) in [6.07, 6.45) is 1.16. The van der Waals surface area contributed by atoms with E-state index in [1.165, 1.54) is 0 Å². The molecule has 2 aromatic rings. The summed E-state index contributed by atoms with van der Waals surface area (Å²) in [4.78, 5) is 6.75. The molecule has 1 N–H and O–H groups in total. The molecule has 0 aliphatic carbocycles. The lowest BCUT2D eigenvalue weighted by molar-refractivity contribution is 0.261. The van der Waals surface area contributed by atoms with Crippen LogP contribution < -0.4 is 5.32 Å². The summed E-state index contributed by atoms with van der Waals surface area (Å²) in [5.74, 6) is 0.594. The fraction of sp³-hybridized carbons (Fsp3) is 0.500. The van der Waals surface area contributed by atoms with Crippen molar-refractivity contribution < 1.29 is 0 Å². The zero-order valence-corrected chi connectivity index (χ0v) is 11.8. The smallest absolute Gasteiger partial charge is 0.243 e. The van der Waals surface area contributed by atoms with Crippen LogP contribution in [0.5, 0.6) is 0 Å². The number of rotatable bonds is 6. The van der Waals surface area contributed by atoms with Crippen LogP contribution in [0.4, 0.5) is 5.95 Å². The fourth-order valence-corrected chi connectivity index (χ4v) is 1.83. The van der Waals surface area contributed by atoms with Gasteiger partial charge in [-0.1, -0.05) is 19.1 Å². The maximum Gasteiger partial charge on any atom is 0.243 e. The number of fused-ring (bicyclic) bond motifs is 1. The Morgan fingerprint density at radius 3 is 2.68 bits per heavy atom. The van der Waals surface area contributed by atoms with E-state index in [2.05, 4.69) is 46.3 Å². The van der Waals surface area contributed by atoms with E-state index in [9.17, 15) is 0 Å². The lowest BCUT2D eigenvalue weighted by Gasteiger charge is -2.23. The Labute approximate surface area is 114 Å². The molecule has 0 aliphatic rings. The number of hydrogen-bond acceptors (Lipinski definition) is 5. The van der Waals surface area contributed by atoms with Gasteiger partial charge in [0.1, 0.15) is 5.52 Å². The Bertz CT molecular complexity index is 528. The second-order valence-electron chi connectivity index (χ2n) is 4.79. The van der Waals surface area contributed by atoms with Crippen LogP contribution in [0.2, 0.25) is 0 Å². The molecule has 0 spiro atoms. The first-order valence-corrected chi connectivity index (χ1v) is 6.74. The number of hydrogen-bond donors (Lipinski definition) is 1. The number of anilines is 1. The zero-order chi connectivity index (χ0) is 13.7. The van der Waals surface area contributed by atoms with Crippen molar-refractivity contribution in [3.8, 4) is 0 Å². The van der Waals surface area contributed by atoms with Crippen LogP contribution in [0.3, 0.4) is 0 Å². The first kappa shape index (κ1) is 13.7. The average Bonchev–Trinajstić information content (AvgIpc) is 2.46. The molecule has 0 amide bonds. The molecule has 0 aliphatic heterocycles. The van der Waals surface area contributed by atoms with E-state index in [1.54, 1.807) is 0 Å². The SMILES string of the molecule is CCC(C)N(C)CCNc1nnc2ccccc2n1. The van der Waals surface area contributed by atoms with Gasteiger partial charge in [-0.3, -0.25) is 0 Å². The van der Waals surface area contributed by atoms with E-state index < -0.39 is 0 Å². The Kier molecular flexibility index (Phi) is 4.63. The van der Waals surface area contributed by atoms with E-state index in [0.717, 1.165) is 30.5 Å². The first-order chi connectivity index (χ1) is 9.20. The molecule has 102 valence electrons. The minimum absolute atomic E-state index is 0.594. The van der Waals surface area contributed by atoms with Gasteiger partial charge >= 0.3 is 0 Å². The fourth-order valence-electron chi connectivity index (χ4n) is 1.83. The van der Waals surface area contributed by atoms with Crippen LogP contribution in [0.15, 0.2) is 24.3 Å². The molecule has 1 atom stereocenters. The third-order valence-electron chi connectivity index (χ3n) is 3.45. The Morgan fingerprint density at radius 1 is 1.21 bits per heavy atom. The number of likely N-dealkylation sites (N-methyl/N-ethyl adjacent to an activating group) is 1. The van der Waals surface area contributed by atoms with Crippen molar-refractivity contribution in [1.29, 1.82) is 0 Å². The highest BCUT2D eigenvalue weighted by molar-refractivity contribution is 5.73. The number of benzene rings is 1. The van der Waals surface area contributed by atoms with Crippen molar-refractivity contribution in [2.24, 2.45) is 0 Å². The molecular weight excluding hydrogens is 238 g/mol. The highest BCUT2D eigenvalue weighted by Gasteiger charge is 2.06. The van der Waals surface area contributed by atoms with Gasteiger partial charge < -0.3 is 10.2 Å². The molecule has 1 unspecified atom stereocenters. The molecule has 1 heterocycles. The monoisotopic (exact) mass is 259 g/mol. The number of para-hydroxylation sites is 1. The molecule has 1 aromatic carbocycles. The predicted molar refractivity (Wildman–Crippen MR) is 78.2 cm³/mol. The predicted octanol–water partition coefficient (Wildman–Crippen LogP) is 2.17. The van der Waals surface area contributed by atoms with Gasteiger partial charge in [-0.25, -0.2) is 4.98 Å². The summed E-state index contributed by atoms with van der Waals surface area (Å²) in [5.41, 5.74) is 1.69. The second-order valence-corrected chi connectivity index (χ2v) is 4.79. The van der Waals surface area contributed by atoms with Gasteiger partial charge in [-0.15, -0.1) is 10.2 Å². The third kappa shape index (κ3) is 3.61. The molecule has 0 bridgehead atoms. The van der Waals surface area contributed by atoms with E-state index in [0.29, 0.717) is 12.0 Å². The van der Waals surface area contributed by atoms with Crippen molar-refractivity contribution in [2.75, 3.05) is 25.5 Å². The summed E-state index contributed by atoms with van der Waals surface area (Å²) in [7, 11) is 2.13. The molecule has 19 heavy (non-hydrogen) atoms. The van der Waals surface area contributed by atoms with Gasteiger partial charge in [0.25, 0.3) is 0 Å². The highest BCUT2D eigenvalue weighted by atomic mass is 15.2. The summed E-state index contributed by atoms with van der Waals surface area (Å²) >= 11 is 0. The van der Waals surface area contributed by atoms with Crippen molar-refractivity contribution in [3.05, 3.63) is 24.3 Å². The van der Waals surface area contributed by atoms with Crippen molar-refractivity contribution in [2.45, 2.75) is 26.3 Å². The molecule has 5 nitrogen and oxygen atoms in total. The van der Waals surface area contributed by atoms with Crippen molar-refractivity contribution in [1.82, 2.24) is 20.1 Å². The quantitative estimate of drug-likeness (QED) is 0.861. The minimum atomic E-state index is 0.594. The van der Waals surface area contributed by atoms with Crippen LogP contribution in [-0.2, 0) is 0 Å². The van der Waals surface area contributed by atoms with Gasteiger partial charge in [-0.05, 0) is 32.5 Å². The summed E-state index contributed by atoms with van der Waals surface area (Å²) in [6, 6.07) is 8.35. The topological polar surface area (TPSA) is 53.9 Å². The van der Waals surface area contributed by atoms with E-state index in [4.69, 9.17) is 0 Å². The van der Waals surface area contributed by atoms with Crippen LogP contribution in [0, 0.1) is 0 Å². The average molecular weight is 259 g/mol. The van der Waals surface area contributed by atoms with Crippen LogP contribution in [0.25, 0.3) is 11.0 Å². The first-order valence-electron chi connectivity index (χ1n) is 6.74. The van der Waals surface area contributed by atoms with E-state index in [1.807, 2.05) is 24.3 Å². The molecular formula is C14H21N5. The van der Waals surface area contributed by atoms with Crippen LogP contribution in [0.1, 0.15) is 20.3 Å². The second kappa shape index (κ2) is 6.43. The normalized spacial score (nSPS) is 12.8. The third-order valence-corrected chi connectivity index (χ3v) is 3.45. The van der Waals surface area contributed by atoms with Crippen molar-refractivity contribution >= 4 is 17.0 Å². The molecule has 2 rings (SSSR count).